The molecule has 68 valence electrons. The van der Waals surface area contributed by atoms with Crippen molar-refractivity contribution in [2.75, 3.05) is 0 Å². The topological polar surface area (TPSA) is 0 Å². The van der Waals surface area contributed by atoms with Crippen LogP contribution in [0.5, 0.6) is 0 Å². The van der Waals surface area contributed by atoms with Gasteiger partial charge in [-0.3, -0.25) is 0 Å². The summed E-state index contributed by atoms with van der Waals surface area (Å²) in [4.78, 5) is 0. The van der Waals surface area contributed by atoms with Crippen molar-refractivity contribution >= 4 is 0 Å². The molecule has 0 spiro atoms. The van der Waals surface area contributed by atoms with Crippen molar-refractivity contribution in [1.82, 2.24) is 0 Å². The average molecular weight is 164 g/mol. The second-order valence-electron chi connectivity index (χ2n) is 5.29. The Morgan fingerprint density at radius 1 is 0.500 bits per heavy atom. The van der Waals surface area contributed by atoms with E-state index in [1.807, 2.05) is 0 Å². The Morgan fingerprint density at radius 3 is 1.75 bits per heavy atom. The Balaban J connectivity index is 1.79. The van der Waals surface area contributed by atoms with Gasteiger partial charge >= 0.3 is 0 Å². The standard InChI is InChI=1S/C12H20/c1-3-9-5-2-6-11(9)12-8-7-10(12)4-1/h9-12H,1-8H2. The molecule has 3 saturated carbocycles. The molecule has 0 aromatic rings. The molecular formula is C12H20. The summed E-state index contributed by atoms with van der Waals surface area (Å²) >= 11 is 0. The minimum absolute atomic E-state index is 1.17. The van der Waals surface area contributed by atoms with Crippen molar-refractivity contribution in [2.24, 2.45) is 23.7 Å². The van der Waals surface area contributed by atoms with Gasteiger partial charge in [-0.1, -0.05) is 32.1 Å². The number of fused-ring (bicyclic) bond motifs is 3. The average Bonchev–Trinajstić information content (AvgIpc) is 2.41. The number of hydrogen-bond acceptors (Lipinski definition) is 0. The Morgan fingerprint density at radius 2 is 1.08 bits per heavy atom. The molecule has 0 nitrogen and oxygen atoms in total. The van der Waals surface area contributed by atoms with E-state index in [1.54, 1.807) is 51.4 Å². The van der Waals surface area contributed by atoms with E-state index in [9.17, 15) is 0 Å². The first-order valence-electron chi connectivity index (χ1n) is 5.95. The maximum Gasteiger partial charge on any atom is -0.0355 e. The highest BCUT2D eigenvalue weighted by Crippen LogP contribution is 2.53. The molecule has 0 heterocycles. The van der Waals surface area contributed by atoms with Crippen molar-refractivity contribution < 1.29 is 0 Å². The van der Waals surface area contributed by atoms with Crippen LogP contribution in [0, 0.1) is 23.7 Å². The van der Waals surface area contributed by atoms with E-state index in [4.69, 9.17) is 0 Å². The molecule has 0 amide bonds. The van der Waals surface area contributed by atoms with E-state index in [0.29, 0.717) is 0 Å². The Bertz CT molecular complexity index is 173. The zero-order valence-corrected chi connectivity index (χ0v) is 7.97. The van der Waals surface area contributed by atoms with Gasteiger partial charge in [0.1, 0.15) is 0 Å². The van der Waals surface area contributed by atoms with Crippen molar-refractivity contribution in [1.29, 1.82) is 0 Å². The molecular weight excluding hydrogens is 144 g/mol. The summed E-state index contributed by atoms with van der Waals surface area (Å²) in [5, 5.41) is 0. The normalized spacial score (nSPS) is 52.0. The van der Waals surface area contributed by atoms with Crippen LogP contribution in [-0.4, -0.2) is 0 Å². The molecule has 4 atom stereocenters. The minimum Gasteiger partial charge on any atom is -0.0528 e. The molecule has 3 fully saturated rings. The maximum absolute atomic E-state index is 1.59. The van der Waals surface area contributed by atoms with Crippen LogP contribution in [0.2, 0.25) is 0 Å². The van der Waals surface area contributed by atoms with Gasteiger partial charge in [-0.25, -0.2) is 0 Å². The van der Waals surface area contributed by atoms with Crippen LogP contribution in [0.3, 0.4) is 0 Å². The molecule has 0 N–H and O–H groups in total. The van der Waals surface area contributed by atoms with Gasteiger partial charge in [0.2, 0.25) is 0 Å². The van der Waals surface area contributed by atoms with Gasteiger partial charge in [-0.2, -0.15) is 0 Å². The molecule has 3 rings (SSSR count). The van der Waals surface area contributed by atoms with Crippen molar-refractivity contribution in [3.63, 3.8) is 0 Å². The maximum atomic E-state index is 1.59. The van der Waals surface area contributed by atoms with Gasteiger partial charge in [0.15, 0.2) is 0 Å². The summed E-state index contributed by atoms with van der Waals surface area (Å²) < 4.78 is 0. The highest BCUT2D eigenvalue weighted by molar-refractivity contribution is 4.93. The van der Waals surface area contributed by atoms with Gasteiger partial charge < -0.3 is 0 Å². The fourth-order valence-electron chi connectivity index (χ4n) is 4.15. The molecule has 0 heteroatoms. The summed E-state index contributed by atoms with van der Waals surface area (Å²) in [6.45, 7) is 0. The summed E-state index contributed by atoms with van der Waals surface area (Å²) in [7, 11) is 0. The van der Waals surface area contributed by atoms with Crippen LogP contribution in [0.15, 0.2) is 0 Å². The first-order chi connectivity index (χ1) is 5.95. The minimum atomic E-state index is 1.17. The Kier molecular flexibility index (Phi) is 1.70. The summed E-state index contributed by atoms with van der Waals surface area (Å²) in [6, 6.07) is 0. The lowest BCUT2D eigenvalue weighted by molar-refractivity contribution is 0.0939. The van der Waals surface area contributed by atoms with Gasteiger partial charge in [-0.05, 0) is 42.9 Å². The lowest BCUT2D eigenvalue weighted by Crippen LogP contribution is -2.32. The molecule has 0 aromatic carbocycles. The van der Waals surface area contributed by atoms with Crippen molar-refractivity contribution in [3.8, 4) is 0 Å². The number of hydrogen-bond donors (Lipinski definition) is 0. The molecule has 0 saturated heterocycles. The van der Waals surface area contributed by atoms with Gasteiger partial charge in [0, 0.05) is 0 Å². The highest BCUT2D eigenvalue weighted by Gasteiger charge is 2.43. The highest BCUT2D eigenvalue weighted by atomic mass is 14.5. The summed E-state index contributed by atoms with van der Waals surface area (Å²) in [5.74, 6) is 4.73. The fourth-order valence-corrected chi connectivity index (χ4v) is 4.15. The molecule has 3 aliphatic carbocycles. The third-order valence-electron chi connectivity index (χ3n) is 4.89. The van der Waals surface area contributed by atoms with Crippen LogP contribution in [-0.2, 0) is 0 Å². The molecule has 0 bridgehead atoms. The fraction of sp³-hybridized carbons (Fsp3) is 1.00. The van der Waals surface area contributed by atoms with Gasteiger partial charge in [0.25, 0.3) is 0 Å². The van der Waals surface area contributed by atoms with E-state index in [1.165, 1.54) is 23.7 Å². The Hall–Kier alpha value is 0. The van der Waals surface area contributed by atoms with Gasteiger partial charge in [-0.15, -0.1) is 0 Å². The number of rotatable bonds is 0. The van der Waals surface area contributed by atoms with Crippen LogP contribution in [0.25, 0.3) is 0 Å². The molecule has 12 heavy (non-hydrogen) atoms. The smallest absolute Gasteiger partial charge is 0.0355 e. The van der Waals surface area contributed by atoms with E-state index in [-0.39, 0.29) is 0 Å². The quantitative estimate of drug-likeness (QED) is 0.513. The van der Waals surface area contributed by atoms with Gasteiger partial charge in [0.05, 0.1) is 0 Å². The molecule has 0 aliphatic heterocycles. The van der Waals surface area contributed by atoms with Crippen LogP contribution < -0.4 is 0 Å². The third kappa shape index (κ3) is 0.963. The molecule has 4 unspecified atom stereocenters. The third-order valence-corrected chi connectivity index (χ3v) is 4.89. The Labute approximate surface area is 75.7 Å². The predicted octanol–water partition coefficient (Wildman–Crippen LogP) is 3.61. The first kappa shape index (κ1) is 7.41. The molecule has 0 radical (unpaired) electrons. The lowest BCUT2D eigenvalue weighted by Gasteiger charge is -2.40. The SMILES string of the molecule is C1CC2CCCC2C2CCC2C1. The summed E-state index contributed by atoms with van der Waals surface area (Å²) in [6.07, 6.45) is 12.6. The largest absolute Gasteiger partial charge is 0.0528 e. The second kappa shape index (κ2) is 2.75. The molecule has 3 aliphatic rings. The zero-order chi connectivity index (χ0) is 7.97. The second-order valence-corrected chi connectivity index (χ2v) is 5.29. The first-order valence-corrected chi connectivity index (χ1v) is 5.95. The molecule has 0 aromatic heterocycles. The van der Waals surface area contributed by atoms with E-state index < -0.39 is 0 Å². The van der Waals surface area contributed by atoms with Crippen molar-refractivity contribution in [3.05, 3.63) is 0 Å². The van der Waals surface area contributed by atoms with Crippen LogP contribution >= 0.6 is 0 Å². The summed E-state index contributed by atoms with van der Waals surface area (Å²) in [5.41, 5.74) is 0. The van der Waals surface area contributed by atoms with E-state index >= 15 is 0 Å². The monoisotopic (exact) mass is 164 g/mol. The zero-order valence-electron chi connectivity index (χ0n) is 7.97. The van der Waals surface area contributed by atoms with Crippen molar-refractivity contribution in [2.45, 2.75) is 51.4 Å². The van der Waals surface area contributed by atoms with Crippen LogP contribution in [0.4, 0.5) is 0 Å². The lowest BCUT2D eigenvalue weighted by atomic mass is 9.65. The van der Waals surface area contributed by atoms with Crippen LogP contribution in [0.1, 0.15) is 51.4 Å². The van der Waals surface area contributed by atoms with E-state index in [0.717, 1.165) is 0 Å². The predicted molar refractivity (Wildman–Crippen MR) is 50.9 cm³/mol. The van der Waals surface area contributed by atoms with E-state index in [2.05, 4.69) is 0 Å².